The van der Waals surface area contributed by atoms with Gasteiger partial charge in [0.15, 0.2) is 11.5 Å². The van der Waals surface area contributed by atoms with Crippen molar-refractivity contribution < 1.29 is 17.9 Å². The summed E-state index contributed by atoms with van der Waals surface area (Å²) < 4.78 is 47.1. The average molecular weight is 568 g/mol. The summed E-state index contributed by atoms with van der Waals surface area (Å²) in [5.41, 5.74) is 7.97. The molecule has 5 rings (SSSR count). The molecule has 10 nitrogen and oxygen atoms in total. The summed E-state index contributed by atoms with van der Waals surface area (Å²) >= 11 is 0. The maximum absolute atomic E-state index is 13.4. The van der Waals surface area contributed by atoms with Crippen molar-refractivity contribution in [3.63, 3.8) is 0 Å². The SMILES string of the molecule is COc1ncnc(C2CC2)c1-c1ncnc(N(CCCN)Cc2ccc(-c3nc(C(F)(F)F)cn3C(C)C)cc2)n1. The highest BCUT2D eigenvalue weighted by molar-refractivity contribution is 5.66. The lowest BCUT2D eigenvalue weighted by atomic mass is 10.1. The summed E-state index contributed by atoms with van der Waals surface area (Å²) in [6.07, 6.45) is 2.28. The Hall–Kier alpha value is -4.13. The molecule has 13 heteroatoms. The van der Waals surface area contributed by atoms with Gasteiger partial charge in [-0.05, 0) is 45.2 Å². The van der Waals surface area contributed by atoms with Crippen LogP contribution in [-0.2, 0) is 12.7 Å². The topological polar surface area (TPSA) is 121 Å². The van der Waals surface area contributed by atoms with Crippen LogP contribution < -0.4 is 15.4 Å². The summed E-state index contributed by atoms with van der Waals surface area (Å²) in [6.45, 7) is 5.17. The normalized spacial score (nSPS) is 13.6. The zero-order valence-electron chi connectivity index (χ0n) is 23.1. The van der Waals surface area contributed by atoms with Crippen LogP contribution in [0.5, 0.6) is 5.88 Å². The van der Waals surface area contributed by atoms with Gasteiger partial charge in [-0.3, -0.25) is 0 Å². The van der Waals surface area contributed by atoms with Gasteiger partial charge in [0.2, 0.25) is 11.8 Å². The van der Waals surface area contributed by atoms with E-state index in [-0.39, 0.29) is 11.9 Å². The molecule has 0 spiro atoms. The predicted molar refractivity (Wildman–Crippen MR) is 147 cm³/mol. The van der Waals surface area contributed by atoms with Gasteiger partial charge >= 0.3 is 6.18 Å². The van der Waals surface area contributed by atoms with Gasteiger partial charge in [0.25, 0.3) is 0 Å². The van der Waals surface area contributed by atoms with Crippen molar-refractivity contribution in [2.24, 2.45) is 5.73 Å². The van der Waals surface area contributed by atoms with E-state index in [2.05, 4.69) is 24.9 Å². The fourth-order valence-electron chi connectivity index (χ4n) is 4.62. The van der Waals surface area contributed by atoms with Gasteiger partial charge in [0, 0.05) is 36.8 Å². The van der Waals surface area contributed by atoms with E-state index in [1.807, 2.05) is 30.9 Å². The van der Waals surface area contributed by atoms with Gasteiger partial charge in [-0.25, -0.2) is 24.9 Å². The molecule has 1 aromatic carbocycles. The number of nitrogens with two attached hydrogens (primary N) is 1. The Bertz CT molecular complexity index is 1480. The lowest BCUT2D eigenvalue weighted by molar-refractivity contribution is -0.140. The molecule has 1 saturated carbocycles. The highest BCUT2D eigenvalue weighted by Crippen LogP contribution is 2.44. The second-order valence-corrected chi connectivity index (χ2v) is 10.2. The number of methoxy groups -OCH3 is 1. The number of imidazole rings is 1. The third-order valence-electron chi connectivity index (χ3n) is 6.86. The minimum absolute atomic E-state index is 0.188. The van der Waals surface area contributed by atoms with Crippen LogP contribution in [0.4, 0.5) is 19.1 Å². The molecule has 4 aromatic rings. The number of benzene rings is 1. The van der Waals surface area contributed by atoms with Crippen LogP contribution in [0.15, 0.2) is 43.1 Å². The van der Waals surface area contributed by atoms with E-state index in [1.54, 1.807) is 19.2 Å². The van der Waals surface area contributed by atoms with Gasteiger partial charge < -0.3 is 19.9 Å². The number of hydrogen-bond donors (Lipinski definition) is 1. The van der Waals surface area contributed by atoms with Crippen molar-refractivity contribution in [2.45, 2.75) is 57.8 Å². The van der Waals surface area contributed by atoms with Crippen molar-refractivity contribution in [3.05, 3.63) is 60.1 Å². The summed E-state index contributed by atoms with van der Waals surface area (Å²) in [7, 11) is 1.55. The van der Waals surface area contributed by atoms with E-state index in [1.165, 1.54) is 17.2 Å². The molecule has 3 aromatic heterocycles. The van der Waals surface area contributed by atoms with E-state index >= 15 is 0 Å². The molecule has 1 fully saturated rings. The van der Waals surface area contributed by atoms with Gasteiger partial charge in [0.1, 0.15) is 24.0 Å². The number of hydrogen-bond acceptors (Lipinski definition) is 9. The Morgan fingerprint density at radius 2 is 1.78 bits per heavy atom. The number of ether oxygens (including phenoxy) is 1. The minimum Gasteiger partial charge on any atom is -0.480 e. The molecule has 41 heavy (non-hydrogen) atoms. The summed E-state index contributed by atoms with van der Waals surface area (Å²) in [6, 6.07) is 7.12. The van der Waals surface area contributed by atoms with Crippen LogP contribution in [0, 0.1) is 0 Å². The summed E-state index contributed by atoms with van der Waals surface area (Å²) in [4.78, 5) is 28.3. The molecular weight excluding hydrogens is 535 g/mol. The van der Waals surface area contributed by atoms with Crippen molar-refractivity contribution in [1.82, 2.24) is 34.5 Å². The first-order valence-corrected chi connectivity index (χ1v) is 13.5. The quantitative estimate of drug-likeness (QED) is 0.266. The Labute approximate surface area is 235 Å². The van der Waals surface area contributed by atoms with Gasteiger partial charge in [0.05, 0.1) is 12.8 Å². The molecule has 0 unspecified atom stereocenters. The van der Waals surface area contributed by atoms with Crippen molar-refractivity contribution in [1.29, 1.82) is 0 Å². The van der Waals surface area contributed by atoms with Crippen molar-refractivity contribution in [2.75, 3.05) is 25.1 Å². The molecule has 1 aliphatic carbocycles. The molecule has 0 aliphatic heterocycles. The van der Waals surface area contributed by atoms with E-state index < -0.39 is 11.9 Å². The van der Waals surface area contributed by atoms with Crippen molar-refractivity contribution >= 4 is 5.95 Å². The highest BCUT2D eigenvalue weighted by Gasteiger charge is 2.35. The number of alkyl halides is 3. The molecule has 0 radical (unpaired) electrons. The van der Waals surface area contributed by atoms with E-state index in [0.717, 1.165) is 30.3 Å². The predicted octanol–water partition coefficient (Wildman–Crippen LogP) is 5.03. The van der Waals surface area contributed by atoms with Crippen LogP contribution in [0.1, 0.15) is 62.0 Å². The molecule has 1 aliphatic rings. The molecule has 0 saturated heterocycles. The number of anilines is 1. The molecular formula is C28H32F3N9O. The first-order valence-electron chi connectivity index (χ1n) is 13.5. The Kier molecular flexibility index (Phi) is 8.15. The smallest absolute Gasteiger partial charge is 0.434 e. The Morgan fingerprint density at radius 3 is 2.41 bits per heavy atom. The number of halogens is 3. The third kappa shape index (κ3) is 6.29. The third-order valence-corrected chi connectivity index (χ3v) is 6.86. The zero-order chi connectivity index (χ0) is 29.1. The Morgan fingerprint density at radius 1 is 1.05 bits per heavy atom. The summed E-state index contributed by atoms with van der Waals surface area (Å²) in [5.74, 6) is 1.91. The Balaban J connectivity index is 1.43. The maximum atomic E-state index is 13.4. The molecule has 2 N–H and O–H groups in total. The maximum Gasteiger partial charge on any atom is 0.434 e. The largest absolute Gasteiger partial charge is 0.480 e. The molecule has 0 atom stereocenters. The van der Waals surface area contributed by atoms with E-state index in [4.69, 9.17) is 15.5 Å². The first kappa shape index (κ1) is 28.4. The number of rotatable bonds is 11. The molecule has 3 heterocycles. The van der Waals surface area contributed by atoms with Crippen LogP contribution in [0.2, 0.25) is 0 Å². The second kappa shape index (κ2) is 11.8. The molecule has 0 amide bonds. The van der Waals surface area contributed by atoms with Crippen molar-refractivity contribution in [3.8, 4) is 28.7 Å². The monoisotopic (exact) mass is 567 g/mol. The number of nitrogens with zero attached hydrogens (tertiary/aromatic N) is 8. The van der Waals surface area contributed by atoms with E-state index in [9.17, 15) is 13.2 Å². The minimum atomic E-state index is -4.52. The van der Waals surface area contributed by atoms with Crippen LogP contribution in [0.25, 0.3) is 22.8 Å². The van der Waals surface area contributed by atoms with Crippen LogP contribution in [-0.4, -0.2) is 54.7 Å². The fraction of sp³-hybridized carbons (Fsp3) is 0.429. The van der Waals surface area contributed by atoms with E-state index in [0.29, 0.717) is 60.8 Å². The lowest BCUT2D eigenvalue weighted by Crippen LogP contribution is -2.27. The van der Waals surface area contributed by atoms with Crippen LogP contribution >= 0.6 is 0 Å². The zero-order valence-corrected chi connectivity index (χ0v) is 23.1. The highest BCUT2D eigenvalue weighted by atomic mass is 19.4. The molecule has 216 valence electrons. The second-order valence-electron chi connectivity index (χ2n) is 10.2. The van der Waals surface area contributed by atoms with Gasteiger partial charge in [-0.1, -0.05) is 24.3 Å². The first-order chi connectivity index (χ1) is 19.7. The van der Waals surface area contributed by atoms with Gasteiger partial charge in [-0.2, -0.15) is 18.2 Å². The molecule has 0 bridgehead atoms. The standard InChI is InChI=1S/C28H32F3N9O/c1-17(2)40-14-21(28(29,30)31)37-25(40)20-7-5-18(6-8-20)13-39(12-4-11-32)27-36-16-34-24(38-27)22-23(19-9-10-19)33-15-35-26(22)41-3/h5-8,14-17,19H,4,9-13,32H2,1-3H3. The average Bonchev–Trinajstić information content (AvgIpc) is 3.71. The number of aromatic nitrogens is 7. The fourth-order valence-corrected chi connectivity index (χ4v) is 4.62. The summed E-state index contributed by atoms with van der Waals surface area (Å²) in [5, 5.41) is 0. The van der Waals surface area contributed by atoms with Crippen LogP contribution in [0.3, 0.4) is 0 Å². The lowest BCUT2D eigenvalue weighted by Gasteiger charge is -2.23. The van der Waals surface area contributed by atoms with Gasteiger partial charge in [-0.15, -0.1) is 0 Å².